The lowest BCUT2D eigenvalue weighted by atomic mass is 9.95. The molecule has 0 radical (unpaired) electrons. The van der Waals surface area contributed by atoms with Crippen LogP contribution in [0.4, 0.5) is 5.82 Å². The van der Waals surface area contributed by atoms with E-state index in [4.69, 9.17) is 5.73 Å². The fourth-order valence-electron chi connectivity index (χ4n) is 2.21. The van der Waals surface area contributed by atoms with Crippen LogP contribution < -0.4 is 5.73 Å². The average Bonchev–Trinajstić information content (AvgIpc) is 2.47. The maximum atomic E-state index is 5.65. The molecular formula is C10H17N3. The van der Waals surface area contributed by atoms with Gasteiger partial charge in [0, 0.05) is 11.8 Å². The first kappa shape index (κ1) is 8.60. The minimum Gasteiger partial charge on any atom is -0.382 e. The number of nitrogens with zero attached hydrogens (tertiary/aromatic N) is 2. The molecule has 0 bridgehead atoms. The van der Waals surface area contributed by atoms with Crippen molar-refractivity contribution in [3.05, 3.63) is 11.8 Å². The molecule has 1 saturated carbocycles. The van der Waals surface area contributed by atoms with Gasteiger partial charge in [-0.15, -0.1) is 0 Å². The molecule has 72 valence electrons. The Labute approximate surface area is 78.9 Å². The molecule has 2 rings (SSSR count). The molecular weight excluding hydrogens is 162 g/mol. The van der Waals surface area contributed by atoms with E-state index in [0.717, 1.165) is 0 Å². The molecule has 3 heteroatoms. The summed E-state index contributed by atoms with van der Waals surface area (Å²) in [5, 5.41) is 4.33. The van der Waals surface area contributed by atoms with Crippen molar-refractivity contribution in [1.29, 1.82) is 0 Å². The van der Waals surface area contributed by atoms with Crippen LogP contribution >= 0.6 is 0 Å². The summed E-state index contributed by atoms with van der Waals surface area (Å²) < 4.78 is 2.11. The Morgan fingerprint density at radius 3 is 2.62 bits per heavy atom. The third kappa shape index (κ3) is 1.69. The van der Waals surface area contributed by atoms with Crippen molar-refractivity contribution in [3.63, 3.8) is 0 Å². The lowest BCUT2D eigenvalue weighted by molar-refractivity contribution is 0.325. The highest BCUT2D eigenvalue weighted by molar-refractivity contribution is 5.29. The van der Waals surface area contributed by atoms with Gasteiger partial charge < -0.3 is 5.73 Å². The van der Waals surface area contributed by atoms with Gasteiger partial charge in [-0.25, -0.2) is 0 Å². The van der Waals surface area contributed by atoms with E-state index in [-0.39, 0.29) is 0 Å². The van der Waals surface area contributed by atoms with Gasteiger partial charge >= 0.3 is 0 Å². The van der Waals surface area contributed by atoms with Gasteiger partial charge in [-0.1, -0.05) is 19.3 Å². The second-order valence-electron chi connectivity index (χ2n) is 3.95. The van der Waals surface area contributed by atoms with Crippen LogP contribution in [0.1, 0.15) is 43.8 Å². The molecule has 0 saturated heterocycles. The molecule has 1 heterocycles. The van der Waals surface area contributed by atoms with Gasteiger partial charge in [0.05, 0.1) is 6.04 Å². The zero-order chi connectivity index (χ0) is 9.26. The maximum absolute atomic E-state index is 5.65. The number of nitrogens with two attached hydrogens (primary N) is 1. The van der Waals surface area contributed by atoms with E-state index in [1.807, 2.05) is 6.07 Å². The molecule has 0 aromatic carbocycles. The van der Waals surface area contributed by atoms with Gasteiger partial charge in [0.25, 0.3) is 0 Å². The first-order valence-electron chi connectivity index (χ1n) is 5.09. The van der Waals surface area contributed by atoms with Gasteiger partial charge in [-0.2, -0.15) is 5.10 Å². The second-order valence-corrected chi connectivity index (χ2v) is 3.95. The zero-order valence-corrected chi connectivity index (χ0v) is 8.16. The number of aryl methyl sites for hydroxylation is 1. The smallest absolute Gasteiger partial charge is 0.145 e. The lowest BCUT2D eigenvalue weighted by Crippen LogP contribution is -2.15. The molecule has 0 unspecified atom stereocenters. The van der Waals surface area contributed by atoms with E-state index < -0.39 is 0 Å². The van der Waals surface area contributed by atoms with E-state index in [9.17, 15) is 0 Å². The van der Waals surface area contributed by atoms with E-state index in [1.165, 1.54) is 37.8 Å². The van der Waals surface area contributed by atoms with Crippen LogP contribution in [0.25, 0.3) is 0 Å². The summed E-state index contributed by atoms with van der Waals surface area (Å²) in [6, 6.07) is 2.56. The number of aromatic nitrogens is 2. The Morgan fingerprint density at radius 2 is 2.08 bits per heavy atom. The third-order valence-electron chi connectivity index (χ3n) is 2.86. The van der Waals surface area contributed by atoms with E-state index in [2.05, 4.69) is 16.7 Å². The van der Waals surface area contributed by atoms with Crippen molar-refractivity contribution in [1.82, 2.24) is 9.78 Å². The fourth-order valence-corrected chi connectivity index (χ4v) is 2.21. The number of rotatable bonds is 1. The number of hydrogen-bond acceptors (Lipinski definition) is 2. The van der Waals surface area contributed by atoms with Crippen LogP contribution in [0.5, 0.6) is 0 Å². The Hall–Kier alpha value is -0.990. The van der Waals surface area contributed by atoms with Gasteiger partial charge in [-0.05, 0) is 19.8 Å². The Balaban J connectivity index is 2.18. The average molecular weight is 179 g/mol. The predicted molar refractivity (Wildman–Crippen MR) is 53.5 cm³/mol. The molecule has 0 amide bonds. The van der Waals surface area contributed by atoms with Crippen molar-refractivity contribution in [3.8, 4) is 0 Å². The second kappa shape index (κ2) is 3.40. The summed E-state index contributed by atoms with van der Waals surface area (Å²) in [5.74, 6) is 0.656. The highest BCUT2D eigenvalue weighted by Crippen LogP contribution is 2.28. The summed E-state index contributed by atoms with van der Waals surface area (Å²) in [7, 11) is 0. The highest BCUT2D eigenvalue weighted by Gasteiger charge is 2.17. The molecule has 3 nitrogen and oxygen atoms in total. The molecule has 13 heavy (non-hydrogen) atoms. The monoisotopic (exact) mass is 179 g/mol. The molecule has 1 aliphatic carbocycles. The summed E-state index contributed by atoms with van der Waals surface area (Å²) in [5.41, 5.74) is 6.85. The van der Waals surface area contributed by atoms with Crippen molar-refractivity contribution in [2.24, 2.45) is 0 Å². The Bertz CT molecular complexity index is 284. The summed E-state index contributed by atoms with van der Waals surface area (Å²) >= 11 is 0. The molecule has 1 aromatic rings. The van der Waals surface area contributed by atoms with Crippen molar-refractivity contribution >= 4 is 5.82 Å². The quantitative estimate of drug-likeness (QED) is 0.718. The lowest BCUT2D eigenvalue weighted by Gasteiger charge is -2.23. The normalized spacial score (nSPS) is 19.2. The number of anilines is 1. The number of hydrogen-bond donors (Lipinski definition) is 1. The largest absolute Gasteiger partial charge is 0.382 e. The van der Waals surface area contributed by atoms with Crippen LogP contribution in [-0.2, 0) is 0 Å². The number of nitrogen functional groups attached to an aromatic ring is 1. The highest BCUT2D eigenvalue weighted by atomic mass is 15.3. The zero-order valence-electron chi connectivity index (χ0n) is 8.16. The summed E-state index contributed by atoms with van der Waals surface area (Å²) in [6.07, 6.45) is 6.59. The van der Waals surface area contributed by atoms with E-state index >= 15 is 0 Å². The van der Waals surface area contributed by atoms with Crippen molar-refractivity contribution < 1.29 is 0 Å². The third-order valence-corrected chi connectivity index (χ3v) is 2.86. The van der Waals surface area contributed by atoms with E-state index in [1.54, 1.807) is 0 Å². The Morgan fingerprint density at radius 1 is 1.38 bits per heavy atom. The molecule has 0 aliphatic heterocycles. The first-order valence-corrected chi connectivity index (χ1v) is 5.09. The van der Waals surface area contributed by atoms with Gasteiger partial charge in [0.15, 0.2) is 0 Å². The molecule has 1 aromatic heterocycles. The van der Waals surface area contributed by atoms with Crippen molar-refractivity contribution in [2.45, 2.75) is 45.1 Å². The molecule has 0 atom stereocenters. The van der Waals surface area contributed by atoms with E-state index in [0.29, 0.717) is 11.9 Å². The van der Waals surface area contributed by atoms with Crippen LogP contribution in [0.3, 0.4) is 0 Å². The molecule has 1 fully saturated rings. The van der Waals surface area contributed by atoms with Crippen LogP contribution in [-0.4, -0.2) is 9.78 Å². The van der Waals surface area contributed by atoms with Crippen molar-refractivity contribution in [2.75, 3.05) is 5.73 Å². The standard InChI is InChI=1S/C10H17N3/c1-8-7-10(11)12-13(8)9-5-3-2-4-6-9/h7,9H,2-6H2,1H3,(H2,11,12). The van der Waals surface area contributed by atoms with Gasteiger partial charge in [0.2, 0.25) is 0 Å². The SMILES string of the molecule is Cc1cc(N)nn1C1CCCCC1. The molecule has 1 aliphatic rings. The van der Waals surface area contributed by atoms with Gasteiger partial charge in [0.1, 0.15) is 5.82 Å². The van der Waals surface area contributed by atoms with Crippen LogP contribution in [0.15, 0.2) is 6.07 Å². The van der Waals surface area contributed by atoms with Gasteiger partial charge in [-0.3, -0.25) is 4.68 Å². The Kier molecular flexibility index (Phi) is 2.25. The fraction of sp³-hybridized carbons (Fsp3) is 0.700. The summed E-state index contributed by atoms with van der Waals surface area (Å²) in [6.45, 7) is 2.08. The van der Waals surface area contributed by atoms with Crippen LogP contribution in [0.2, 0.25) is 0 Å². The topological polar surface area (TPSA) is 43.8 Å². The van der Waals surface area contributed by atoms with Crippen LogP contribution in [0, 0.1) is 6.92 Å². The summed E-state index contributed by atoms with van der Waals surface area (Å²) in [4.78, 5) is 0. The minimum atomic E-state index is 0.603. The molecule has 0 spiro atoms. The molecule has 2 N–H and O–H groups in total. The maximum Gasteiger partial charge on any atom is 0.145 e. The first-order chi connectivity index (χ1) is 6.27. The minimum absolute atomic E-state index is 0.603. The predicted octanol–water partition coefficient (Wildman–Crippen LogP) is 2.28.